The third-order valence-corrected chi connectivity index (χ3v) is 7.61. The van der Waals surface area contributed by atoms with Crippen LogP contribution >= 0.6 is 0 Å². The highest BCUT2D eigenvalue weighted by atomic mass is 16.5. The second-order valence-corrected chi connectivity index (χ2v) is 9.54. The summed E-state index contributed by atoms with van der Waals surface area (Å²) >= 11 is 0. The first-order valence-corrected chi connectivity index (χ1v) is 11.5. The minimum Gasteiger partial charge on any atom is -0.483 e. The molecule has 2 amide bonds. The number of nitrogens with zero attached hydrogens (tertiary/aromatic N) is 3. The molecule has 5 rings (SSSR count). The first-order chi connectivity index (χ1) is 15.5. The third-order valence-electron chi connectivity index (χ3n) is 7.61. The fourth-order valence-electron chi connectivity index (χ4n) is 5.85. The van der Waals surface area contributed by atoms with E-state index in [4.69, 9.17) is 14.6 Å². The zero-order chi connectivity index (χ0) is 22.7. The van der Waals surface area contributed by atoms with Crippen molar-refractivity contribution in [3.05, 3.63) is 18.2 Å². The summed E-state index contributed by atoms with van der Waals surface area (Å²) in [6, 6.07) is 0. The molecule has 32 heavy (non-hydrogen) atoms. The summed E-state index contributed by atoms with van der Waals surface area (Å²) < 4.78 is 6.42. The zero-order valence-electron chi connectivity index (χ0n) is 18.5. The van der Waals surface area contributed by atoms with E-state index in [0.29, 0.717) is 31.2 Å². The van der Waals surface area contributed by atoms with Crippen LogP contribution in [0, 0.1) is 17.8 Å². The molecule has 5 heterocycles. The molecule has 176 valence electrons. The van der Waals surface area contributed by atoms with E-state index in [9.17, 15) is 9.59 Å². The molecule has 1 aromatic heterocycles. The van der Waals surface area contributed by atoms with Crippen molar-refractivity contribution < 1.29 is 24.2 Å². The number of piperidine rings is 1. The van der Waals surface area contributed by atoms with Crippen molar-refractivity contribution in [1.29, 1.82) is 0 Å². The summed E-state index contributed by atoms with van der Waals surface area (Å²) in [5, 5.41) is 9.92. The molecule has 10 nitrogen and oxygen atoms in total. The zero-order valence-corrected chi connectivity index (χ0v) is 18.5. The van der Waals surface area contributed by atoms with Crippen molar-refractivity contribution in [3.8, 4) is 0 Å². The number of carbonyl (C=O) groups is 3. The fourth-order valence-corrected chi connectivity index (χ4v) is 5.85. The van der Waals surface area contributed by atoms with Gasteiger partial charge in [-0.15, -0.1) is 0 Å². The largest absolute Gasteiger partial charge is 0.483 e. The van der Waals surface area contributed by atoms with Gasteiger partial charge in [-0.2, -0.15) is 0 Å². The second kappa shape index (κ2) is 9.58. The van der Waals surface area contributed by atoms with Crippen LogP contribution in [0.1, 0.15) is 43.1 Å². The van der Waals surface area contributed by atoms with Gasteiger partial charge in [0.1, 0.15) is 5.69 Å². The van der Waals surface area contributed by atoms with Gasteiger partial charge in [-0.1, -0.05) is 6.92 Å². The molecule has 0 saturated carbocycles. The van der Waals surface area contributed by atoms with Crippen molar-refractivity contribution in [2.75, 3.05) is 39.3 Å². The lowest BCUT2D eigenvalue weighted by Gasteiger charge is -2.31. The van der Waals surface area contributed by atoms with Gasteiger partial charge >= 0.3 is 0 Å². The Morgan fingerprint density at radius 1 is 1.38 bits per heavy atom. The third kappa shape index (κ3) is 4.52. The number of hydrogen-bond donors (Lipinski definition) is 3. The number of likely N-dealkylation sites (tertiary alicyclic amines) is 2. The number of amides is 2. The maximum Gasteiger partial charge on any atom is 0.290 e. The van der Waals surface area contributed by atoms with Crippen LogP contribution < -0.4 is 5.32 Å². The van der Waals surface area contributed by atoms with Crippen LogP contribution in [0.3, 0.4) is 0 Å². The highest BCUT2D eigenvalue weighted by Gasteiger charge is 2.63. The Labute approximate surface area is 187 Å². The molecule has 0 unspecified atom stereocenters. The summed E-state index contributed by atoms with van der Waals surface area (Å²) in [7, 11) is 0. The van der Waals surface area contributed by atoms with E-state index in [1.165, 1.54) is 25.4 Å². The Balaban J connectivity index is 0.000000775. The number of imidazole rings is 1. The highest BCUT2D eigenvalue weighted by Crippen LogP contribution is 2.54. The van der Waals surface area contributed by atoms with Crippen molar-refractivity contribution >= 4 is 18.3 Å². The van der Waals surface area contributed by atoms with Crippen LogP contribution in [0.5, 0.6) is 0 Å². The molecule has 1 aromatic rings. The fraction of sp³-hybridized carbons (Fsp3) is 0.727. The summed E-state index contributed by atoms with van der Waals surface area (Å²) in [5.41, 5.74) is 0.281. The molecule has 0 aromatic carbocycles. The van der Waals surface area contributed by atoms with E-state index >= 15 is 0 Å². The van der Waals surface area contributed by atoms with E-state index < -0.39 is 0 Å². The molecule has 0 radical (unpaired) electrons. The number of carboxylic acid groups (broad SMARTS) is 1. The normalized spacial score (nSPS) is 31.7. The molecule has 4 fully saturated rings. The first kappa shape index (κ1) is 22.7. The molecule has 4 saturated heterocycles. The van der Waals surface area contributed by atoms with Crippen LogP contribution in [0.4, 0.5) is 0 Å². The van der Waals surface area contributed by atoms with E-state index in [2.05, 4.69) is 27.1 Å². The molecule has 4 aliphatic heterocycles. The van der Waals surface area contributed by atoms with E-state index in [1.807, 2.05) is 4.90 Å². The molecular formula is C22H33N5O5. The molecule has 3 N–H and O–H groups in total. The lowest BCUT2D eigenvalue weighted by molar-refractivity contribution is -0.133. The predicted molar refractivity (Wildman–Crippen MR) is 115 cm³/mol. The number of fused-ring (bicyclic) bond motifs is 1. The maximum atomic E-state index is 13.0. The molecular weight excluding hydrogens is 414 g/mol. The molecule has 1 spiro atoms. The summed E-state index contributed by atoms with van der Waals surface area (Å²) in [5.74, 6) is 1.45. The summed E-state index contributed by atoms with van der Waals surface area (Å²) in [6.45, 7) is 6.67. The topological polar surface area (TPSA) is 128 Å². The van der Waals surface area contributed by atoms with Gasteiger partial charge in [0.05, 0.1) is 37.3 Å². The smallest absolute Gasteiger partial charge is 0.290 e. The van der Waals surface area contributed by atoms with Crippen LogP contribution in [-0.2, 0) is 14.3 Å². The minimum atomic E-state index is -0.250. The predicted octanol–water partition coefficient (Wildman–Crippen LogP) is 0.578. The Hall–Kier alpha value is -2.46. The number of aromatic amines is 1. The van der Waals surface area contributed by atoms with Gasteiger partial charge in [-0.25, -0.2) is 4.98 Å². The first-order valence-electron chi connectivity index (χ1n) is 11.5. The Kier molecular flexibility index (Phi) is 6.80. The van der Waals surface area contributed by atoms with E-state index in [1.54, 1.807) is 0 Å². The molecule has 0 aliphatic carbocycles. The number of H-pyrrole nitrogens is 1. The summed E-state index contributed by atoms with van der Waals surface area (Å²) in [4.78, 5) is 44.7. The number of aromatic nitrogens is 2. The standard InChI is InChI=1S/C21H31N5O3.CH2O2/c1-14-3-6-25(7-4-14)11-19(27)26-10-16-15(18-2-5-21(16,12-26)29-18)8-23-20(28)17-9-22-13-24-17;2-1-3/h9,13-16,18H,2-8,10-12H2,1H3,(H,22,24)(H,23,28);1H,(H,2,3)/t15-,16+,18+,21+;/m0./s1. The van der Waals surface area contributed by atoms with Crippen LogP contribution in [-0.4, -0.2) is 94.1 Å². The molecule has 2 bridgehead atoms. The van der Waals surface area contributed by atoms with Crippen LogP contribution in [0.25, 0.3) is 0 Å². The van der Waals surface area contributed by atoms with Crippen molar-refractivity contribution in [3.63, 3.8) is 0 Å². The van der Waals surface area contributed by atoms with Gasteiger partial charge in [0.2, 0.25) is 5.91 Å². The Morgan fingerprint density at radius 3 is 2.81 bits per heavy atom. The molecule has 4 atom stereocenters. The number of ether oxygens (including phenoxy) is 1. The highest BCUT2D eigenvalue weighted by molar-refractivity contribution is 5.91. The van der Waals surface area contributed by atoms with Gasteiger partial charge in [0, 0.05) is 24.9 Å². The van der Waals surface area contributed by atoms with Gasteiger partial charge in [0.15, 0.2) is 0 Å². The Morgan fingerprint density at radius 2 is 2.12 bits per heavy atom. The Bertz CT molecular complexity index is 810. The van der Waals surface area contributed by atoms with Gasteiger partial charge < -0.3 is 25.0 Å². The number of rotatable bonds is 5. The molecule has 10 heteroatoms. The lowest BCUT2D eigenvalue weighted by Crippen LogP contribution is -2.44. The van der Waals surface area contributed by atoms with Crippen LogP contribution in [0.2, 0.25) is 0 Å². The van der Waals surface area contributed by atoms with Gasteiger partial charge in [-0.3, -0.25) is 19.3 Å². The quantitative estimate of drug-likeness (QED) is 0.563. The van der Waals surface area contributed by atoms with Gasteiger partial charge in [0.25, 0.3) is 12.4 Å². The van der Waals surface area contributed by atoms with Crippen molar-refractivity contribution in [2.45, 2.75) is 44.3 Å². The average molecular weight is 448 g/mol. The van der Waals surface area contributed by atoms with E-state index in [0.717, 1.165) is 38.4 Å². The number of hydrogen-bond acceptors (Lipinski definition) is 6. The monoisotopic (exact) mass is 447 g/mol. The van der Waals surface area contributed by atoms with E-state index in [-0.39, 0.29) is 35.9 Å². The maximum absolute atomic E-state index is 13.0. The van der Waals surface area contributed by atoms with Crippen LogP contribution in [0.15, 0.2) is 12.5 Å². The average Bonchev–Trinajstić information content (AvgIpc) is 3.55. The summed E-state index contributed by atoms with van der Waals surface area (Å²) in [6.07, 6.45) is 7.65. The lowest BCUT2D eigenvalue weighted by atomic mass is 9.73. The van der Waals surface area contributed by atoms with Crippen molar-refractivity contribution in [2.24, 2.45) is 17.8 Å². The van der Waals surface area contributed by atoms with Crippen molar-refractivity contribution in [1.82, 2.24) is 25.1 Å². The SMILES string of the molecule is CC1CCN(CC(=O)N2C[C@@H]3[C@H](CNC(=O)c4cnc[nH]4)[C@H]4CC[C@]3(C2)O4)CC1.O=CO. The second-order valence-electron chi connectivity index (χ2n) is 9.54. The molecule has 4 aliphatic rings. The minimum absolute atomic E-state index is 0.135. The van der Waals surface area contributed by atoms with Gasteiger partial charge in [-0.05, 0) is 44.7 Å². The number of carbonyl (C=O) groups excluding carboxylic acids is 2. The number of nitrogens with one attached hydrogen (secondary N) is 2.